The van der Waals surface area contributed by atoms with E-state index in [1.807, 2.05) is 18.2 Å². The monoisotopic (exact) mass is 360 g/mol. The van der Waals surface area contributed by atoms with Crippen LogP contribution in [0.15, 0.2) is 30.3 Å². The van der Waals surface area contributed by atoms with Crippen molar-refractivity contribution in [3.05, 3.63) is 35.9 Å². The van der Waals surface area contributed by atoms with Crippen LogP contribution in [0.5, 0.6) is 5.75 Å². The summed E-state index contributed by atoms with van der Waals surface area (Å²) in [7, 11) is 0. The summed E-state index contributed by atoms with van der Waals surface area (Å²) >= 11 is 0. The Morgan fingerprint density at radius 2 is 1.58 bits per heavy atom. The number of aliphatic hydroxyl groups excluding tert-OH is 1. The van der Waals surface area contributed by atoms with Crippen molar-refractivity contribution >= 4 is 12.0 Å². The van der Waals surface area contributed by atoms with Crippen molar-refractivity contribution in [2.75, 3.05) is 0 Å². The average molecular weight is 361 g/mol. The maximum atomic E-state index is 11.0. The lowest BCUT2D eigenvalue weighted by Crippen LogP contribution is -2.44. The number of carbonyl (C=O) groups is 1. The smallest absolute Gasteiger partial charge is 0.308 e. The fraction of sp³-hybridized carbons (Fsp3) is 0.609. The quantitative estimate of drug-likeness (QED) is 0.521. The average Bonchev–Trinajstić information content (AvgIpc) is 2.45. The highest BCUT2D eigenvalue weighted by atomic mass is 16.5. The normalized spacial score (nSPS) is 15.3. The van der Waals surface area contributed by atoms with Gasteiger partial charge in [-0.3, -0.25) is 4.79 Å². The minimum Gasteiger partial charge on any atom is -0.427 e. The van der Waals surface area contributed by atoms with Gasteiger partial charge in [0.15, 0.2) is 0 Å². The SMILES string of the molecule is CC(=O)Oc1ccc(/C=C/C[C@@H](C)[C@@H](O)C(C(C)(C)C)C(C)(C)C)cc1. The minimum absolute atomic E-state index is 0.0438. The van der Waals surface area contributed by atoms with Gasteiger partial charge in [-0.2, -0.15) is 0 Å². The number of carbonyl (C=O) groups excluding carboxylic acids is 1. The maximum Gasteiger partial charge on any atom is 0.308 e. The summed E-state index contributed by atoms with van der Waals surface area (Å²) in [5.41, 5.74) is 1.13. The first-order valence-corrected chi connectivity index (χ1v) is 9.45. The second kappa shape index (κ2) is 8.85. The van der Waals surface area contributed by atoms with E-state index in [9.17, 15) is 9.90 Å². The first-order valence-electron chi connectivity index (χ1n) is 9.45. The van der Waals surface area contributed by atoms with Gasteiger partial charge in [0.1, 0.15) is 5.75 Å². The van der Waals surface area contributed by atoms with Crippen molar-refractivity contribution in [2.45, 2.75) is 67.9 Å². The van der Waals surface area contributed by atoms with Crippen LogP contribution in [0, 0.1) is 22.7 Å². The van der Waals surface area contributed by atoms with Gasteiger partial charge in [0.05, 0.1) is 6.10 Å². The molecule has 2 atom stereocenters. The fourth-order valence-electron chi connectivity index (χ4n) is 4.02. The zero-order valence-electron chi connectivity index (χ0n) is 17.7. The second-order valence-electron chi connectivity index (χ2n) is 9.48. The zero-order chi connectivity index (χ0) is 20.1. The van der Waals surface area contributed by atoms with Crippen LogP contribution in [0.2, 0.25) is 0 Å². The van der Waals surface area contributed by atoms with Crippen LogP contribution in [-0.2, 0) is 4.79 Å². The Morgan fingerprint density at radius 3 is 2.00 bits per heavy atom. The lowest BCUT2D eigenvalue weighted by molar-refractivity contribution is -0.131. The largest absolute Gasteiger partial charge is 0.427 e. The van der Waals surface area contributed by atoms with Gasteiger partial charge in [0, 0.05) is 6.92 Å². The topological polar surface area (TPSA) is 46.5 Å². The van der Waals surface area contributed by atoms with Gasteiger partial charge >= 0.3 is 5.97 Å². The Balaban J connectivity index is 2.73. The Morgan fingerprint density at radius 1 is 1.08 bits per heavy atom. The molecule has 1 aromatic rings. The number of benzene rings is 1. The summed E-state index contributed by atoms with van der Waals surface area (Å²) in [6.07, 6.45) is 4.61. The molecule has 0 fully saturated rings. The van der Waals surface area contributed by atoms with Gasteiger partial charge in [-0.15, -0.1) is 0 Å². The predicted octanol–water partition coefficient (Wildman–Crippen LogP) is 5.72. The summed E-state index contributed by atoms with van der Waals surface area (Å²) in [6, 6.07) is 7.41. The van der Waals surface area contributed by atoms with Gasteiger partial charge in [-0.1, -0.05) is 72.8 Å². The summed E-state index contributed by atoms with van der Waals surface area (Å²) in [5.74, 6) is 0.622. The van der Waals surface area contributed by atoms with Crippen molar-refractivity contribution < 1.29 is 14.6 Å². The van der Waals surface area contributed by atoms with Gasteiger partial charge < -0.3 is 9.84 Å². The summed E-state index contributed by atoms with van der Waals surface area (Å²) in [6.45, 7) is 16.8. The lowest BCUT2D eigenvalue weighted by atomic mass is 9.62. The number of esters is 1. The third kappa shape index (κ3) is 6.95. The van der Waals surface area contributed by atoms with Gasteiger partial charge in [-0.25, -0.2) is 0 Å². The van der Waals surface area contributed by atoms with Crippen LogP contribution in [0.4, 0.5) is 0 Å². The second-order valence-corrected chi connectivity index (χ2v) is 9.48. The van der Waals surface area contributed by atoms with E-state index in [4.69, 9.17) is 4.74 Å². The lowest BCUT2D eigenvalue weighted by Gasteiger charge is -2.45. The molecule has 0 heterocycles. The highest BCUT2D eigenvalue weighted by Gasteiger charge is 2.41. The Bertz CT molecular complexity index is 586. The number of aliphatic hydroxyl groups is 1. The molecule has 0 radical (unpaired) electrons. The van der Waals surface area contributed by atoms with Gasteiger partial charge in [-0.05, 0) is 46.8 Å². The molecule has 1 aromatic carbocycles. The molecule has 1 N–H and O–H groups in total. The molecule has 146 valence electrons. The predicted molar refractivity (Wildman–Crippen MR) is 109 cm³/mol. The Hall–Kier alpha value is -1.61. The van der Waals surface area contributed by atoms with E-state index in [0.29, 0.717) is 5.75 Å². The number of hydrogen-bond donors (Lipinski definition) is 1. The van der Waals surface area contributed by atoms with E-state index in [0.717, 1.165) is 12.0 Å². The summed E-state index contributed by atoms with van der Waals surface area (Å²) in [4.78, 5) is 10.9. The van der Waals surface area contributed by atoms with Crippen molar-refractivity contribution in [2.24, 2.45) is 22.7 Å². The molecule has 0 aromatic heterocycles. The van der Waals surface area contributed by atoms with Crippen LogP contribution in [-0.4, -0.2) is 17.2 Å². The number of rotatable bonds is 6. The van der Waals surface area contributed by atoms with Crippen LogP contribution < -0.4 is 4.74 Å². The third-order valence-corrected chi connectivity index (χ3v) is 4.75. The first-order chi connectivity index (χ1) is 11.8. The van der Waals surface area contributed by atoms with Crippen molar-refractivity contribution in [3.63, 3.8) is 0 Å². The van der Waals surface area contributed by atoms with E-state index in [1.54, 1.807) is 12.1 Å². The van der Waals surface area contributed by atoms with Crippen LogP contribution in [0.3, 0.4) is 0 Å². The summed E-state index contributed by atoms with van der Waals surface area (Å²) in [5, 5.41) is 11.0. The van der Waals surface area contributed by atoms with E-state index in [-0.39, 0.29) is 34.7 Å². The van der Waals surface area contributed by atoms with Crippen LogP contribution >= 0.6 is 0 Å². The van der Waals surface area contributed by atoms with E-state index in [1.165, 1.54) is 6.92 Å². The number of hydrogen-bond acceptors (Lipinski definition) is 3. The Kier molecular flexibility index (Phi) is 7.64. The molecule has 0 unspecified atom stereocenters. The highest BCUT2D eigenvalue weighted by Crippen LogP contribution is 2.44. The minimum atomic E-state index is -0.356. The van der Waals surface area contributed by atoms with Crippen LogP contribution in [0.25, 0.3) is 6.08 Å². The number of ether oxygens (including phenoxy) is 1. The molecule has 26 heavy (non-hydrogen) atoms. The van der Waals surface area contributed by atoms with E-state index in [2.05, 4.69) is 54.5 Å². The maximum absolute atomic E-state index is 11.0. The molecule has 0 aliphatic heterocycles. The molecule has 0 spiro atoms. The van der Waals surface area contributed by atoms with E-state index >= 15 is 0 Å². The molecule has 3 nitrogen and oxygen atoms in total. The molecule has 0 amide bonds. The third-order valence-electron chi connectivity index (χ3n) is 4.75. The van der Waals surface area contributed by atoms with Crippen LogP contribution in [0.1, 0.15) is 67.4 Å². The molecule has 0 aliphatic carbocycles. The number of allylic oxidation sites excluding steroid dienone is 1. The first kappa shape index (κ1) is 22.4. The molecule has 0 bridgehead atoms. The summed E-state index contributed by atoms with van der Waals surface area (Å²) < 4.78 is 5.04. The molecule has 0 saturated carbocycles. The van der Waals surface area contributed by atoms with Crippen molar-refractivity contribution in [1.29, 1.82) is 0 Å². The molecule has 1 rings (SSSR count). The van der Waals surface area contributed by atoms with Crippen molar-refractivity contribution in [1.82, 2.24) is 0 Å². The van der Waals surface area contributed by atoms with Gasteiger partial charge in [0.2, 0.25) is 0 Å². The van der Waals surface area contributed by atoms with Crippen molar-refractivity contribution in [3.8, 4) is 5.75 Å². The molecule has 0 saturated heterocycles. The molecular weight excluding hydrogens is 324 g/mol. The van der Waals surface area contributed by atoms with E-state index < -0.39 is 0 Å². The fourth-order valence-corrected chi connectivity index (χ4v) is 4.02. The standard InChI is InChI=1S/C23H36O3/c1-16(20(25)21(22(3,4)5)23(6,7)8)10-9-11-18-12-14-19(15-13-18)26-17(2)24/h9,11-16,20-21,25H,10H2,1-8H3/b11-9+/t16-,20-/m1/s1. The highest BCUT2D eigenvalue weighted by molar-refractivity contribution is 5.69. The Labute approximate surface area is 159 Å². The zero-order valence-corrected chi connectivity index (χ0v) is 17.7. The molecule has 3 heteroatoms. The van der Waals surface area contributed by atoms with Gasteiger partial charge in [0.25, 0.3) is 0 Å². The molecular formula is C23H36O3. The molecule has 0 aliphatic rings.